The van der Waals surface area contributed by atoms with Crippen molar-refractivity contribution in [1.29, 1.82) is 0 Å². The second kappa shape index (κ2) is 15.2. The Hall–Kier alpha value is 0.883. The van der Waals surface area contributed by atoms with Crippen molar-refractivity contribution in [3.05, 3.63) is 29.7 Å². The fourth-order valence-electron chi connectivity index (χ4n) is 5.37. The minimum Gasteiger partial charge on any atom is -0.358 e. The van der Waals surface area contributed by atoms with E-state index >= 15 is 0 Å². The molecule has 0 N–H and O–H groups in total. The minimum atomic E-state index is 0. The van der Waals surface area contributed by atoms with E-state index in [4.69, 9.17) is 0 Å². The largest absolute Gasteiger partial charge is 4.00 e. The first-order valence-electron chi connectivity index (χ1n) is 8.93. The molecule has 4 aliphatic rings. The van der Waals surface area contributed by atoms with Gasteiger partial charge in [0.15, 0.2) is 0 Å². The van der Waals surface area contributed by atoms with E-state index in [9.17, 15) is 0 Å². The predicted molar refractivity (Wildman–Crippen MR) is 104 cm³/mol. The van der Waals surface area contributed by atoms with Gasteiger partial charge in [-0.2, -0.15) is 0 Å². The van der Waals surface area contributed by atoms with Crippen LogP contribution in [0, 0.1) is 53.4 Å². The third-order valence-electron chi connectivity index (χ3n) is 6.43. The zero-order valence-electron chi connectivity index (χ0n) is 16.7. The molecule has 4 fully saturated rings. The topological polar surface area (TPSA) is 0 Å². The average molecular weight is 400 g/mol. The Labute approximate surface area is 169 Å². The van der Waals surface area contributed by atoms with E-state index in [1.807, 2.05) is 0 Å². The molecule has 4 atom stereocenters. The quantitative estimate of drug-likeness (QED) is 0.365. The zero-order chi connectivity index (χ0) is 12.2. The molecule has 0 saturated heterocycles. The zero-order valence-corrected chi connectivity index (χ0v) is 19.2. The normalized spacial score (nSPS) is 33.4. The summed E-state index contributed by atoms with van der Waals surface area (Å²) >= 11 is 0. The first-order valence-corrected chi connectivity index (χ1v) is 8.93. The van der Waals surface area contributed by atoms with Gasteiger partial charge in [0.05, 0.1) is 0 Å². The summed E-state index contributed by atoms with van der Waals surface area (Å²) < 4.78 is 0. The molecule has 0 radical (unpaired) electrons. The molecule has 0 spiro atoms. The summed E-state index contributed by atoms with van der Waals surface area (Å²) in [5.41, 5.74) is 0. The SMILES string of the molecule is C1CCC2CCCC2C1.C1CCC2CCCC2C1.[CH3-].[CH3-].[CH3-].[CH3-].[Zr+4]. The van der Waals surface area contributed by atoms with Crippen molar-refractivity contribution in [3.63, 3.8) is 0 Å². The van der Waals surface area contributed by atoms with Gasteiger partial charge in [0.1, 0.15) is 0 Å². The van der Waals surface area contributed by atoms with Crippen LogP contribution in [0.4, 0.5) is 0 Å². The number of hydrogen-bond donors (Lipinski definition) is 0. The third kappa shape index (κ3) is 8.20. The van der Waals surface area contributed by atoms with Gasteiger partial charge in [0, 0.05) is 0 Å². The van der Waals surface area contributed by atoms with Gasteiger partial charge >= 0.3 is 26.2 Å². The molecule has 0 aromatic rings. The van der Waals surface area contributed by atoms with Crippen LogP contribution in [0.5, 0.6) is 0 Å². The Kier molecular flexibility index (Phi) is 18.9. The molecule has 4 rings (SSSR count). The summed E-state index contributed by atoms with van der Waals surface area (Å²) in [4.78, 5) is 0. The molecule has 23 heavy (non-hydrogen) atoms. The van der Waals surface area contributed by atoms with Gasteiger partial charge < -0.3 is 29.7 Å². The molecule has 4 unspecified atom stereocenters. The van der Waals surface area contributed by atoms with Crippen LogP contribution in [0.3, 0.4) is 0 Å². The Morgan fingerprint density at radius 2 is 0.478 bits per heavy atom. The molecular weight excluding hydrogens is 355 g/mol. The average Bonchev–Trinajstić information content (AvgIpc) is 3.08. The van der Waals surface area contributed by atoms with Gasteiger partial charge in [-0.1, -0.05) is 89.9 Å². The van der Waals surface area contributed by atoms with Crippen LogP contribution in [0.1, 0.15) is 89.9 Å². The van der Waals surface area contributed by atoms with Gasteiger partial charge in [-0.05, 0) is 23.7 Å². The number of hydrogen-bond acceptors (Lipinski definition) is 0. The second-order valence-corrected chi connectivity index (χ2v) is 7.47. The van der Waals surface area contributed by atoms with Crippen molar-refractivity contribution in [2.24, 2.45) is 23.7 Å². The van der Waals surface area contributed by atoms with Crippen LogP contribution in [-0.2, 0) is 26.2 Å². The summed E-state index contributed by atoms with van der Waals surface area (Å²) in [7, 11) is 0. The van der Waals surface area contributed by atoms with E-state index in [-0.39, 0.29) is 55.9 Å². The summed E-state index contributed by atoms with van der Waals surface area (Å²) in [5, 5.41) is 0. The maximum Gasteiger partial charge on any atom is 4.00 e. The summed E-state index contributed by atoms with van der Waals surface area (Å²) in [6, 6.07) is 0. The molecule has 136 valence electrons. The Balaban J connectivity index is -0.000000286. The van der Waals surface area contributed by atoms with Crippen LogP contribution < -0.4 is 0 Å². The molecule has 4 saturated carbocycles. The minimum absolute atomic E-state index is 0. The summed E-state index contributed by atoms with van der Waals surface area (Å²) in [6.07, 6.45) is 21.7. The molecule has 0 amide bonds. The Morgan fingerprint density at radius 3 is 0.696 bits per heavy atom. The van der Waals surface area contributed by atoms with Gasteiger partial charge in [-0.15, -0.1) is 0 Å². The van der Waals surface area contributed by atoms with Crippen molar-refractivity contribution in [3.8, 4) is 0 Å². The fraction of sp³-hybridized carbons (Fsp3) is 0.818. The molecule has 0 aliphatic heterocycles. The first kappa shape index (κ1) is 28.7. The van der Waals surface area contributed by atoms with E-state index in [1.54, 1.807) is 51.4 Å². The van der Waals surface area contributed by atoms with Crippen molar-refractivity contribution >= 4 is 0 Å². The van der Waals surface area contributed by atoms with Gasteiger partial charge in [0.2, 0.25) is 0 Å². The van der Waals surface area contributed by atoms with Crippen LogP contribution in [0.25, 0.3) is 0 Å². The maximum atomic E-state index is 1.56. The van der Waals surface area contributed by atoms with Crippen LogP contribution in [0.2, 0.25) is 0 Å². The number of fused-ring (bicyclic) bond motifs is 2. The number of rotatable bonds is 0. The van der Waals surface area contributed by atoms with Gasteiger partial charge in [-0.3, -0.25) is 0 Å². The van der Waals surface area contributed by atoms with Gasteiger partial charge in [0.25, 0.3) is 0 Å². The van der Waals surface area contributed by atoms with E-state index in [1.165, 1.54) is 62.2 Å². The molecular formula is C22H44Zr. The molecule has 0 bridgehead atoms. The van der Waals surface area contributed by atoms with E-state index in [0.717, 1.165) is 0 Å². The maximum absolute atomic E-state index is 1.56. The predicted octanol–water partition coefficient (Wildman–Crippen LogP) is 7.75. The fourth-order valence-corrected chi connectivity index (χ4v) is 5.37. The first-order chi connectivity index (χ1) is 8.93. The molecule has 0 heterocycles. The molecule has 0 aromatic heterocycles. The van der Waals surface area contributed by atoms with Crippen molar-refractivity contribution in [2.75, 3.05) is 0 Å². The molecule has 4 aliphatic carbocycles. The smallest absolute Gasteiger partial charge is 0.358 e. The summed E-state index contributed by atoms with van der Waals surface area (Å²) in [6.45, 7) is 0. The monoisotopic (exact) mass is 398 g/mol. The van der Waals surface area contributed by atoms with Crippen molar-refractivity contribution < 1.29 is 26.2 Å². The standard InChI is InChI=1S/2C9H16.4CH3.Zr/c2*1-2-5-9-7-3-6-8(9)4-1;;;;;/h2*8-9H,1-7H2;4*1H3;/q;;4*-1;+4. The van der Waals surface area contributed by atoms with Gasteiger partial charge in [-0.25, -0.2) is 0 Å². The van der Waals surface area contributed by atoms with Crippen molar-refractivity contribution in [1.82, 2.24) is 0 Å². The molecule has 0 aromatic carbocycles. The second-order valence-electron chi connectivity index (χ2n) is 7.47. The van der Waals surface area contributed by atoms with Crippen LogP contribution in [0.15, 0.2) is 0 Å². The van der Waals surface area contributed by atoms with Crippen LogP contribution in [-0.4, -0.2) is 0 Å². The van der Waals surface area contributed by atoms with E-state index in [0.29, 0.717) is 0 Å². The Morgan fingerprint density at radius 1 is 0.304 bits per heavy atom. The van der Waals surface area contributed by atoms with E-state index in [2.05, 4.69) is 0 Å². The molecule has 0 nitrogen and oxygen atoms in total. The third-order valence-corrected chi connectivity index (χ3v) is 6.43. The van der Waals surface area contributed by atoms with Crippen molar-refractivity contribution in [2.45, 2.75) is 89.9 Å². The van der Waals surface area contributed by atoms with Crippen LogP contribution >= 0.6 is 0 Å². The van der Waals surface area contributed by atoms with E-state index < -0.39 is 0 Å². The summed E-state index contributed by atoms with van der Waals surface area (Å²) in [5.74, 6) is 4.66. The Bertz CT molecular complexity index is 200. The molecule has 1 heteroatoms.